The highest BCUT2D eigenvalue weighted by Crippen LogP contribution is 2.51. The molecular formula is C28H38F3N5O2S. The molecule has 1 unspecified atom stereocenters. The molecule has 2 N–H and O–H groups in total. The van der Waals surface area contributed by atoms with Crippen LogP contribution in [0.5, 0.6) is 0 Å². The second-order valence-corrected chi connectivity index (χ2v) is 12.7. The number of pyridine rings is 1. The summed E-state index contributed by atoms with van der Waals surface area (Å²) in [6, 6.07) is 2.59. The Bertz CT molecular complexity index is 1120. The molecule has 0 bridgehead atoms. The lowest BCUT2D eigenvalue weighted by Gasteiger charge is -2.52. The number of aromatic nitrogens is 2. The van der Waals surface area contributed by atoms with Gasteiger partial charge in [-0.05, 0) is 68.4 Å². The summed E-state index contributed by atoms with van der Waals surface area (Å²) in [4.78, 5) is 24.3. The monoisotopic (exact) mass is 565 g/mol. The molecule has 2 aliphatic carbocycles. The average molecular weight is 566 g/mol. The first-order valence-corrected chi connectivity index (χ1v) is 14.8. The lowest BCUT2D eigenvalue weighted by atomic mass is 9.68. The van der Waals surface area contributed by atoms with Gasteiger partial charge in [0.05, 0.1) is 11.6 Å². The summed E-state index contributed by atoms with van der Waals surface area (Å²) in [6.45, 7) is 5.75. The van der Waals surface area contributed by atoms with Gasteiger partial charge in [0.2, 0.25) is 6.41 Å². The highest BCUT2D eigenvalue weighted by atomic mass is 32.1. The minimum atomic E-state index is -4.44. The zero-order valence-corrected chi connectivity index (χ0v) is 23.3. The van der Waals surface area contributed by atoms with Gasteiger partial charge in [-0.3, -0.25) is 4.79 Å². The number of carbonyl (C=O) groups excluding carboxylic acids is 1. The van der Waals surface area contributed by atoms with E-state index in [1.807, 2.05) is 10.3 Å². The molecule has 3 atom stereocenters. The van der Waals surface area contributed by atoms with Gasteiger partial charge in [-0.15, -0.1) is 11.3 Å². The van der Waals surface area contributed by atoms with Gasteiger partial charge in [-0.2, -0.15) is 13.2 Å². The number of aliphatic hydroxyl groups is 1. The first kappa shape index (κ1) is 28.3. The van der Waals surface area contributed by atoms with Crippen LogP contribution in [0.1, 0.15) is 69.4 Å². The van der Waals surface area contributed by atoms with E-state index in [1.165, 1.54) is 17.5 Å². The third-order valence-corrected chi connectivity index (χ3v) is 10.4. The van der Waals surface area contributed by atoms with Crippen LogP contribution in [0.25, 0.3) is 0 Å². The van der Waals surface area contributed by atoms with Gasteiger partial charge < -0.3 is 20.2 Å². The molecule has 214 valence electrons. The van der Waals surface area contributed by atoms with Crippen LogP contribution >= 0.6 is 11.3 Å². The largest absolute Gasteiger partial charge is 0.416 e. The van der Waals surface area contributed by atoms with Crippen LogP contribution in [-0.2, 0) is 16.6 Å². The third kappa shape index (κ3) is 5.67. The number of piperazine rings is 1. The molecule has 0 radical (unpaired) electrons. The number of carbonyl (C=O) groups is 1. The van der Waals surface area contributed by atoms with Crippen molar-refractivity contribution in [3.8, 4) is 0 Å². The molecule has 2 aromatic heterocycles. The number of alkyl halides is 3. The fourth-order valence-electron chi connectivity index (χ4n) is 7.14. The van der Waals surface area contributed by atoms with E-state index in [0.717, 1.165) is 55.7 Å². The van der Waals surface area contributed by atoms with Crippen LogP contribution in [0.2, 0.25) is 0 Å². The summed E-state index contributed by atoms with van der Waals surface area (Å²) in [5, 5.41) is 17.7. The predicted molar refractivity (Wildman–Crippen MR) is 144 cm³/mol. The number of anilines is 1. The standard InChI is InChI=1S/C28H38F3N5O2S/c1-19(2)26(7-3-22(16-26)34-21-4-8-27(38,9-5-21)25-33-11-14-39-25)23-17-35(18-37)12-13-36(23)24-15-20(6-10-32-24)28(29,30)31/h6,10-11,14-15,18-19,21-23,34,38H,3-5,7-9,12-13,16-17H2,1-2H3/t21?,22-,23?,26+,27?/m1/s1. The van der Waals surface area contributed by atoms with Gasteiger partial charge in [-0.1, -0.05) is 13.8 Å². The van der Waals surface area contributed by atoms with Crippen molar-refractivity contribution in [3.63, 3.8) is 0 Å². The molecule has 5 rings (SSSR count). The van der Waals surface area contributed by atoms with E-state index in [0.29, 0.717) is 44.3 Å². The smallest absolute Gasteiger partial charge is 0.383 e. The topological polar surface area (TPSA) is 81.6 Å². The first-order valence-electron chi connectivity index (χ1n) is 13.9. The second kappa shape index (κ2) is 11.0. The second-order valence-electron chi connectivity index (χ2n) is 11.8. The van der Waals surface area contributed by atoms with Crippen molar-refractivity contribution in [2.45, 2.75) is 88.7 Å². The number of thiazole rings is 1. The molecule has 1 amide bonds. The van der Waals surface area contributed by atoms with Crippen LogP contribution in [0.15, 0.2) is 29.9 Å². The SMILES string of the molecule is CC(C)[C@]1(C2CN(C=O)CCN2c2cc(C(F)(F)F)ccn2)CC[C@@H](NC2CCC(O)(c3nccs3)CC2)C1. The van der Waals surface area contributed by atoms with Crippen LogP contribution in [0.4, 0.5) is 19.0 Å². The van der Waals surface area contributed by atoms with E-state index in [1.54, 1.807) is 11.1 Å². The molecular weight excluding hydrogens is 527 g/mol. The Morgan fingerprint density at radius 2 is 1.87 bits per heavy atom. The maximum atomic E-state index is 13.5. The van der Waals surface area contributed by atoms with Crippen molar-refractivity contribution in [2.75, 3.05) is 24.5 Å². The van der Waals surface area contributed by atoms with Crippen molar-refractivity contribution >= 4 is 23.6 Å². The molecule has 1 aliphatic heterocycles. The fraction of sp³-hybridized carbons (Fsp3) is 0.679. The minimum absolute atomic E-state index is 0.138. The maximum absolute atomic E-state index is 13.5. The van der Waals surface area contributed by atoms with E-state index in [-0.39, 0.29) is 23.4 Å². The number of hydrogen-bond acceptors (Lipinski definition) is 7. The van der Waals surface area contributed by atoms with Gasteiger partial charge in [0, 0.05) is 49.5 Å². The molecule has 3 aliphatic rings. The normalized spacial score (nSPS) is 32.1. The van der Waals surface area contributed by atoms with Crippen molar-refractivity contribution in [1.29, 1.82) is 0 Å². The molecule has 3 fully saturated rings. The summed E-state index contributed by atoms with van der Waals surface area (Å²) in [6.07, 6.45) is 5.23. The van der Waals surface area contributed by atoms with E-state index >= 15 is 0 Å². The predicted octanol–water partition coefficient (Wildman–Crippen LogP) is 4.82. The minimum Gasteiger partial charge on any atom is -0.383 e. The van der Waals surface area contributed by atoms with Gasteiger partial charge in [0.15, 0.2) is 0 Å². The van der Waals surface area contributed by atoms with Gasteiger partial charge >= 0.3 is 6.18 Å². The summed E-state index contributed by atoms with van der Waals surface area (Å²) in [5.41, 5.74) is -1.74. The number of hydrogen-bond donors (Lipinski definition) is 2. The number of rotatable bonds is 7. The van der Waals surface area contributed by atoms with Crippen molar-refractivity contribution in [3.05, 3.63) is 40.5 Å². The molecule has 1 saturated heterocycles. The zero-order chi connectivity index (χ0) is 27.8. The Kier molecular flexibility index (Phi) is 7.96. The molecule has 0 spiro atoms. The zero-order valence-electron chi connectivity index (χ0n) is 22.5. The number of amides is 1. The molecule has 2 aromatic rings. The molecule has 11 heteroatoms. The highest BCUT2D eigenvalue weighted by molar-refractivity contribution is 7.09. The first-order chi connectivity index (χ1) is 18.5. The number of halogens is 3. The molecule has 0 aromatic carbocycles. The maximum Gasteiger partial charge on any atom is 0.416 e. The van der Waals surface area contributed by atoms with E-state index in [4.69, 9.17) is 0 Å². The van der Waals surface area contributed by atoms with Gasteiger partial charge in [0.1, 0.15) is 16.4 Å². The van der Waals surface area contributed by atoms with Gasteiger partial charge in [-0.25, -0.2) is 9.97 Å². The van der Waals surface area contributed by atoms with Crippen molar-refractivity contribution in [2.24, 2.45) is 11.3 Å². The summed E-state index contributed by atoms with van der Waals surface area (Å²) >= 11 is 1.50. The fourth-order valence-corrected chi connectivity index (χ4v) is 7.94. The Hall–Kier alpha value is -2.24. The number of nitrogens with one attached hydrogen (secondary N) is 1. The van der Waals surface area contributed by atoms with Crippen molar-refractivity contribution < 1.29 is 23.1 Å². The molecule has 3 heterocycles. The Morgan fingerprint density at radius 1 is 1.13 bits per heavy atom. The third-order valence-electron chi connectivity index (χ3n) is 9.44. The molecule has 2 saturated carbocycles. The summed E-state index contributed by atoms with van der Waals surface area (Å²) < 4.78 is 40.6. The Labute approximate surface area is 231 Å². The van der Waals surface area contributed by atoms with Crippen LogP contribution in [-0.4, -0.2) is 64.1 Å². The lowest BCUT2D eigenvalue weighted by Crippen LogP contribution is -2.61. The Morgan fingerprint density at radius 3 is 2.51 bits per heavy atom. The Balaban J connectivity index is 1.33. The van der Waals surface area contributed by atoms with E-state index in [9.17, 15) is 23.1 Å². The van der Waals surface area contributed by atoms with E-state index < -0.39 is 17.3 Å². The summed E-state index contributed by atoms with van der Waals surface area (Å²) in [7, 11) is 0. The quantitative estimate of drug-likeness (QED) is 0.469. The lowest BCUT2D eigenvalue weighted by molar-refractivity contribution is -0.137. The van der Waals surface area contributed by atoms with Crippen LogP contribution < -0.4 is 10.2 Å². The van der Waals surface area contributed by atoms with Crippen molar-refractivity contribution in [1.82, 2.24) is 20.2 Å². The van der Waals surface area contributed by atoms with Crippen LogP contribution in [0, 0.1) is 11.3 Å². The van der Waals surface area contributed by atoms with E-state index in [2.05, 4.69) is 29.1 Å². The molecule has 39 heavy (non-hydrogen) atoms. The number of nitrogens with zero attached hydrogens (tertiary/aromatic N) is 4. The average Bonchev–Trinajstić information content (AvgIpc) is 3.61. The van der Waals surface area contributed by atoms with Gasteiger partial charge in [0.25, 0.3) is 0 Å². The highest BCUT2D eigenvalue weighted by Gasteiger charge is 2.51. The molecule has 7 nitrogen and oxygen atoms in total. The summed E-state index contributed by atoms with van der Waals surface area (Å²) in [5.74, 6) is 0.584. The van der Waals surface area contributed by atoms with Crippen LogP contribution in [0.3, 0.4) is 0 Å².